The van der Waals surface area contributed by atoms with E-state index in [-0.39, 0.29) is 0 Å². The van der Waals surface area contributed by atoms with Gasteiger partial charge in [0.15, 0.2) is 0 Å². The summed E-state index contributed by atoms with van der Waals surface area (Å²) in [5.41, 5.74) is 7.09. The number of rotatable bonds is 3. The van der Waals surface area contributed by atoms with E-state index in [2.05, 4.69) is 10.2 Å². The Morgan fingerprint density at radius 2 is 2.12 bits per heavy atom. The van der Waals surface area contributed by atoms with Crippen molar-refractivity contribution < 1.29 is 0 Å². The Bertz CT molecular complexity index is 556. The predicted molar refractivity (Wildman–Crippen MR) is 68.7 cm³/mol. The third-order valence-electron chi connectivity index (χ3n) is 2.16. The summed E-state index contributed by atoms with van der Waals surface area (Å²) in [7, 11) is 0. The molecule has 0 aliphatic rings. The highest BCUT2D eigenvalue weighted by Gasteiger charge is 2.10. The Balaban J connectivity index is 2.08. The van der Waals surface area contributed by atoms with Crippen LogP contribution in [-0.2, 0) is 5.75 Å². The topological polar surface area (TPSA) is 78.5 Å². The van der Waals surface area contributed by atoms with Crippen molar-refractivity contribution in [2.24, 2.45) is 0 Å². The van der Waals surface area contributed by atoms with E-state index in [0.29, 0.717) is 21.4 Å². The summed E-state index contributed by atoms with van der Waals surface area (Å²) < 4.78 is 0. The van der Waals surface area contributed by atoms with E-state index in [1.165, 1.54) is 11.8 Å². The zero-order chi connectivity index (χ0) is 12.3. The molecule has 0 saturated carbocycles. The first-order chi connectivity index (χ1) is 8.20. The number of nitrogens with one attached hydrogen (secondary N) is 1. The van der Waals surface area contributed by atoms with E-state index < -0.39 is 0 Å². The second kappa shape index (κ2) is 5.13. The van der Waals surface area contributed by atoms with Crippen LogP contribution in [0.1, 0.15) is 11.1 Å². The van der Waals surface area contributed by atoms with Gasteiger partial charge in [-0.1, -0.05) is 35.5 Å². The van der Waals surface area contributed by atoms with Crippen molar-refractivity contribution in [3.8, 4) is 6.07 Å². The van der Waals surface area contributed by atoms with Gasteiger partial charge >= 0.3 is 0 Å². The number of benzene rings is 1. The first-order valence-electron chi connectivity index (χ1n) is 4.82. The number of aromatic nitrogens is 2. The van der Waals surface area contributed by atoms with E-state index in [1.807, 2.05) is 30.3 Å². The minimum atomic E-state index is 0.311. The van der Waals surface area contributed by atoms with Crippen LogP contribution in [-0.4, -0.2) is 10.2 Å². The standard InChI is InChI=1S/C11H9ClN4S/c12-8-3-1-7(2-4-8)6-17-11-9(5-13)10(14)15-16-11/h1-4H,6H2,(H3,14,15,16). The molecule has 0 spiro atoms. The third kappa shape index (κ3) is 2.73. The molecule has 0 radical (unpaired) electrons. The molecule has 0 bridgehead atoms. The fourth-order valence-electron chi connectivity index (χ4n) is 1.28. The molecule has 0 aliphatic heterocycles. The summed E-state index contributed by atoms with van der Waals surface area (Å²) in [6, 6.07) is 9.58. The van der Waals surface area contributed by atoms with Crippen LogP contribution in [0.25, 0.3) is 0 Å². The van der Waals surface area contributed by atoms with E-state index >= 15 is 0 Å². The molecule has 0 fully saturated rings. The van der Waals surface area contributed by atoms with Gasteiger partial charge in [-0.15, -0.1) is 0 Å². The van der Waals surface area contributed by atoms with Crippen molar-refractivity contribution in [1.29, 1.82) is 5.26 Å². The molecule has 3 N–H and O–H groups in total. The van der Waals surface area contributed by atoms with Gasteiger partial charge in [0.05, 0.1) is 0 Å². The first kappa shape index (κ1) is 11.8. The van der Waals surface area contributed by atoms with E-state index in [1.54, 1.807) is 0 Å². The lowest BCUT2D eigenvalue weighted by Gasteiger charge is -1.99. The van der Waals surface area contributed by atoms with Gasteiger partial charge in [0.25, 0.3) is 0 Å². The molecule has 1 aromatic heterocycles. The van der Waals surface area contributed by atoms with E-state index in [0.717, 1.165) is 11.3 Å². The smallest absolute Gasteiger partial charge is 0.138 e. The number of anilines is 1. The largest absolute Gasteiger partial charge is 0.383 e. The second-order valence-corrected chi connectivity index (χ2v) is 4.74. The summed E-state index contributed by atoms with van der Waals surface area (Å²) in [4.78, 5) is 0. The Morgan fingerprint density at radius 3 is 2.76 bits per heavy atom. The molecule has 0 amide bonds. The third-order valence-corrected chi connectivity index (χ3v) is 3.46. The molecule has 0 unspecified atom stereocenters. The summed E-state index contributed by atoms with van der Waals surface area (Å²) >= 11 is 7.26. The van der Waals surface area contributed by atoms with Crippen molar-refractivity contribution in [3.05, 3.63) is 40.4 Å². The highest BCUT2D eigenvalue weighted by Crippen LogP contribution is 2.26. The molecular weight excluding hydrogens is 256 g/mol. The molecule has 0 aliphatic carbocycles. The van der Waals surface area contributed by atoms with Crippen LogP contribution in [0.3, 0.4) is 0 Å². The lowest BCUT2D eigenvalue weighted by Crippen LogP contribution is -1.87. The lowest BCUT2D eigenvalue weighted by atomic mass is 10.2. The van der Waals surface area contributed by atoms with Gasteiger partial charge in [0.1, 0.15) is 22.5 Å². The Kier molecular flexibility index (Phi) is 3.57. The van der Waals surface area contributed by atoms with Gasteiger partial charge in [0.2, 0.25) is 0 Å². The summed E-state index contributed by atoms with van der Waals surface area (Å²) in [6.45, 7) is 0. The van der Waals surface area contributed by atoms with Gasteiger partial charge < -0.3 is 5.73 Å². The quantitative estimate of drug-likeness (QED) is 0.836. The number of aromatic amines is 1. The van der Waals surface area contributed by atoms with Crippen molar-refractivity contribution in [2.45, 2.75) is 10.8 Å². The molecule has 1 heterocycles. The minimum absolute atomic E-state index is 0.311. The normalized spacial score (nSPS) is 10.1. The van der Waals surface area contributed by atoms with Crippen LogP contribution in [0.2, 0.25) is 5.02 Å². The summed E-state index contributed by atoms with van der Waals surface area (Å²) in [6.07, 6.45) is 0. The van der Waals surface area contributed by atoms with Crippen LogP contribution in [0.5, 0.6) is 0 Å². The molecule has 2 aromatic rings. The number of halogens is 1. The highest BCUT2D eigenvalue weighted by atomic mass is 35.5. The van der Waals surface area contributed by atoms with E-state index in [4.69, 9.17) is 22.6 Å². The maximum absolute atomic E-state index is 8.90. The van der Waals surface area contributed by atoms with Crippen molar-refractivity contribution in [2.75, 3.05) is 5.73 Å². The van der Waals surface area contributed by atoms with Crippen LogP contribution in [0, 0.1) is 11.3 Å². The minimum Gasteiger partial charge on any atom is -0.383 e. The van der Waals surface area contributed by atoms with Gasteiger partial charge in [-0.05, 0) is 17.7 Å². The van der Waals surface area contributed by atoms with Gasteiger partial charge in [0, 0.05) is 10.8 Å². The Labute approximate surface area is 108 Å². The molecule has 86 valence electrons. The van der Waals surface area contributed by atoms with Crippen molar-refractivity contribution in [1.82, 2.24) is 10.2 Å². The van der Waals surface area contributed by atoms with Crippen LogP contribution in [0.15, 0.2) is 29.3 Å². The van der Waals surface area contributed by atoms with Gasteiger partial charge in [-0.3, -0.25) is 5.10 Å². The maximum Gasteiger partial charge on any atom is 0.138 e. The summed E-state index contributed by atoms with van der Waals surface area (Å²) in [5.74, 6) is 1.03. The number of nitriles is 1. The zero-order valence-corrected chi connectivity index (χ0v) is 10.3. The molecular formula is C11H9ClN4S. The average molecular weight is 265 g/mol. The lowest BCUT2D eigenvalue weighted by molar-refractivity contribution is 1.00. The zero-order valence-electron chi connectivity index (χ0n) is 8.77. The molecule has 17 heavy (non-hydrogen) atoms. The molecule has 2 rings (SSSR count). The monoisotopic (exact) mass is 264 g/mol. The number of hydrogen-bond donors (Lipinski definition) is 2. The summed E-state index contributed by atoms with van der Waals surface area (Å²) in [5, 5.41) is 16.8. The fourth-order valence-corrected chi connectivity index (χ4v) is 2.31. The van der Waals surface area contributed by atoms with Crippen molar-refractivity contribution >= 4 is 29.2 Å². The first-order valence-corrected chi connectivity index (χ1v) is 6.18. The number of hydrogen-bond acceptors (Lipinski definition) is 4. The molecule has 4 nitrogen and oxygen atoms in total. The predicted octanol–water partition coefficient (Wildman–Crippen LogP) is 2.81. The molecule has 1 aromatic carbocycles. The number of thioether (sulfide) groups is 1. The fraction of sp³-hybridized carbons (Fsp3) is 0.0909. The van der Waals surface area contributed by atoms with Gasteiger partial charge in [-0.2, -0.15) is 10.4 Å². The average Bonchev–Trinajstić information content (AvgIpc) is 2.69. The number of nitrogen functional groups attached to an aromatic ring is 1. The highest BCUT2D eigenvalue weighted by molar-refractivity contribution is 7.98. The van der Waals surface area contributed by atoms with Crippen molar-refractivity contribution in [3.63, 3.8) is 0 Å². The van der Waals surface area contributed by atoms with Crippen LogP contribution in [0.4, 0.5) is 5.82 Å². The van der Waals surface area contributed by atoms with Crippen LogP contribution < -0.4 is 5.73 Å². The molecule has 0 atom stereocenters. The number of H-pyrrole nitrogens is 1. The Morgan fingerprint density at radius 1 is 1.41 bits per heavy atom. The number of nitrogens with two attached hydrogens (primary N) is 1. The number of nitrogens with zero attached hydrogens (tertiary/aromatic N) is 2. The maximum atomic E-state index is 8.90. The molecule has 0 saturated heterocycles. The van der Waals surface area contributed by atoms with E-state index in [9.17, 15) is 0 Å². The van der Waals surface area contributed by atoms with Gasteiger partial charge in [-0.25, -0.2) is 0 Å². The van der Waals surface area contributed by atoms with Crippen LogP contribution >= 0.6 is 23.4 Å². The SMILES string of the molecule is N#Cc1c(SCc2ccc(Cl)cc2)n[nH]c1N. The molecule has 6 heteroatoms. The second-order valence-electron chi connectivity index (χ2n) is 3.34. The Hall–Kier alpha value is -1.64.